The van der Waals surface area contributed by atoms with E-state index in [0.717, 1.165) is 0 Å². The van der Waals surface area contributed by atoms with Crippen molar-refractivity contribution < 1.29 is 9.84 Å². The summed E-state index contributed by atoms with van der Waals surface area (Å²) in [6.45, 7) is 4.92. The van der Waals surface area contributed by atoms with Gasteiger partial charge in [-0.3, -0.25) is 0 Å². The summed E-state index contributed by atoms with van der Waals surface area (Å²) in [5, 5.41) is 12.9. The third-order valence-electron chi connectivity index (χ3n) is 4.17. The zero-order valence-corrected chi connectivity index (χ0v) is 10.8. The predicted molar refractivity (Wildman–Crippen MR) is 72.7 cm³/mol. The Hall–Kier alpha value is -1.38. The molecule has 1 aliphatic heterocycles. The van der Waals surface area contributed by atoms with Gasteiger partial charge in [-0.15, -0.1) is 0 Å². The second kappa shape index (κ2) is 3.81. The first kappa shape index (κ1) is 11.7. The van der Waals surface area contributed by atoms with Crippen molar-refractivity contribution in [2.75, 3.05) is 13.2 Å². The maximum atomic E-state index is 10.5. The molecule has 1 aliphatic rings. The molecule has 1 heterocycles. The van der Waals surface area contributed by atoms with Gasteiger partial charge in [0.05, 0.1) is 24.2 Å². The van der Waals surface area contributed by atoms with E-state index in [-0.39, 0.29) is 5.41 Å². The van der Waals surface area contributed by atoms with Crippen molar-refractivity contribution in [1.29, 1.82) is 0 Å². The van der Waals surface area contributed by atoms with Gasteiger partial charge in [0.1, 0.15) is 0 Å². The lowest BCUT2D eigenvalue weighted by atomic mass is 9.66. The minimum Gasteiger partial charge on any atom is -0.389 e. The van der Waals surface area contributed by atoms with Crippen LogP contribution in [0.5, 0.6) is 0 Å². The van der Waals surface area contributed by atoms with E-state index < -0.39 is 5.60 Å². The van der Waals surface area contributed by atoms with Crippen LogP contribution >= 0.6 is 0 Å². The molecule has 1 N–H and O–H groups in total. The average molecular weight is 242 g/mol. The van der Waals surface area contributed by atoms with Crippen molar-refractivity contribution in [3.8, 4) is 0 Å². The van der Waals surface area contributed by atoms with Crippen LogP contribution in [-0.4, -0.2) is 23.9 Å². The molecule has 0 spiro atoms. The van der Waals surface area contributed by atoms with Crippen LogP contribution in [0.1, 0.15) is 19.4 Å². The molecule has 3 rings (SSSR count). The van der Waals surface area contributed by atoms with E-state index in [1.807, 2.05) is 26.0 Å². The Morgan fingerprint density at radius 1 is 1.06 bits per heavy atom. The third kappa shape index (κ3) is 1.49. The molecule has 0 bridgehead atoms. The summed E-state index contributed by atoms with van der Waals surface area (Å²) >= 11 is 0. The number of aliphatic hydroxyl groups is 1. The van der Waals surface area contributed by atoms with Crippen LogP contribution in [0.3, 0.4) is 0 Å². The maximum absolute atomic E-state index is 10.5. The second-order valence-electron chi connectivity index (χ2n) is 5.66. The van der Waals surface area contributed by atoms with Crippen LogP contribution in [0.4, 0.5) is 0 Å². The summed E-state index contributed by atoms with van der Waals surface area (Å²) < 4.78 is 5.41. The van der Waals surface area contributed by atoms with Gasteiger partial charge in [0.25, 0.3) is 0 Å². The van der Waals surface area contributed by atoms with Crippen LogP contribution in [0.25, 0.3) is 10.8 Å². The monoisotopic (exact) mass is 242 g/mol. The molecule has 0 aromatic heterocycles. The predicted octanol–water partition coefficient (Wildman–Crippen LogP) is 2.88. The van der Waals surface area contributed by atoms with Crippen LogP contribution in [0, 0.1) is 0 Å². The minimum atomic E-state index is -0.782. The Morgan fingerprint density at radius 2 is 1.72 bits per heavy atom. The Morgan fingerprint density at radius 3 is 2.33 bits per heavy atom. The van der Waals surface area contributed by atoms with Gasteiger partial charge in [0, 0.05) is 0 Å². The Kier molecular flexibility index (Phi) is 2.47. The van der Waals surface area contributed by atoms with E-state index in [9.17, 15) is 5.11 Å². The summed E-state index contributed by atoms with van der Waals surface area (Å²) in [4.78, 5) is 0. The molecule has 0 amide bonds. The van der Waals surface area contributed by atoms with Crippen molar-refractivity contribution in [2.45, 2.75) is 24.9 Å². The van der Waals surface area contributed by atoms with Crippen molar-refractivity contribution in [3.63, 3.8) is 0 Å². The topological polar surface area (TPSA) is 29.5 Å². The number of benzene rings is 2. The summed E-state index contributed by atoms with van der Waals surface area (Å²) in [6.07, 6.45) is 0. The van der Waals surface area contributed by atoms with Gasteiger partial charge in [-0.25, -0.2) is 0 Å². The molecule has 2 heteroatoms. The van der Waals surface area contributed by atoms with Gasteiger partial charge >= 0.3 is 0 Å². The van der Waals surface area contributed by atoms with E-state index in [0.29, 0.717) is 13.2 Å². The first-order chi connectivity index (χ1) is 8.55. The number of hydrogen-bond donors (Lipinski definition) is 1. The highest BCUT2D eigenvalue weighted by molar-refractivity contribution is 5.87. The molecular weight excluding hydrogens is 224 g/mol. The van der Waals surface area contributed by atoms with Gasteiger partial charge in [-0.2, -0.15) is 0 Å². The van der Waals surface area contributed by atoms with Crippen LogP contribution < -0.4 is 0 Å². The van der Waals surface area contributed by atoms with Crippen LogP contribution in [0.2, 0.25) is 0 Å². The maximum Gasteiger partial charge on any atom is 0.0732 e. The molecule has 2 aromatic rings. The Labute approximate surface area is 107 Å². The van der Waals surface area contributed by atoms with Gasteiger partial charge in [0.2, 0.25) is 0 Å². The molecule has 0 atom stereocenters. The van der Waals surface area contributed by atoms with E-state index in [1.54, 1.807) is 0 Å². The van der Waals surface area contributed by atoms with E-state index in [1.165, 1.54) is 16.3 Å². The molecule has 0 saturated carbocycles. The molecule has 0 radical (unpaired) electrons. The van der Waals surface area contributed by atoms with Crippen LogP contribution in [0.15, 0.2) is 42.5 Å². The molecule has 0 unspecified atom stereocenters. The lowest BCUT2D eigenvalue weighted by Crippen LogP contribution is -2.60. The lowest BCUT2D eigenvalue weighted by molar-refractivity contribution is -0.156. The number of hydrogen-bond acceptors (Lipinski definition) is 2. The normalized spacial score (nSPS) is 18.6. The largest absolute Gasteiger partial charge is 0.389 e. The van der Waals surface area contributed by atoms with Gasteiger partial charge in [-0.1, -0.05) is 42.5 Å². The number of ether oxygens (including phenoxy) is 1. The van der Waals surface area contributed by atoms with Gasteiger partial charge < -0.3 is 9.84 Å². The highest BCUT2D eigenvalue weighted by Gasteiger charge is 2.52. The van der Waals surface area contributed by atoms with Crippen molar-refractivity contribution in [2.24, 2.45) is 0 Å². The highest BCUT2D eigenvalue weighted by atomic mass is 16.5. The molecule has 94 valence electrons. The SMILES string of the molecule is CC(C)(O)C1(c2cccc3ccccc23)COC1. The van der Waals surface area contributed by atoms with Gasteiger partial charge in [0.15, 0.2) is 0 Å². The van der Waals surface area contributed by atoms with Crippen molar-refractivity contribution in [3.05, 3.63) is 48.0 Å². The van der Waals surface area contributed by atoms with Crippen LogP contribution in [-0.2, 0) is 10.2 Å². The quantitative estimate of drug-likeness (QED) is 0.877. The van der Waals surface area contributed by atoms with Gasteiger partial charge in [-0.05, 0) is 30.2 Å². The Balaban J connectivity index is 2.25. The van der Waals surface area contributed by atoms with Crippen molar-refractivity contribution in [1.82, 2.24) is 0 Å². The zero-order chi connectivity index (χ0) is 12.8. The van der Waals surface area contributed by atoms with E-state index >= 15 is 0 Å². The molecule has 0 aliphatic carbocycles. The summed E-state index contributed by atoms with van der Waals surface area (Å²) in [5.41, 5.74) is 0.128. The summed E-state index contributed by atoms with van der Waals surface area (Å²) in [6, 6.07) is 14.6. The smallest absolute Gasteiger partial charge is 0.0732 e. The molecule has 18 heavy (non-hydrogen) atoms. The summed E-state index contributed by atoms with van der Waals surface area (Å²) in [5.74, 6) is 0. The first-order valence-corrected chi connectivity index (χ1v) is 6.33. The number of fused-ring (bicyclic) bond motifs is 1. The lowest BCUT2D eigenvalue weighted by Gasteiger charge is -2.50. The fourth-order valence-corrected chi connectivity index (χ4v) is 2.79. The zero-order valence-electron chi connectivity index (χ0n) is 10.8. The Bertz CT molecular complexity index is 572. The fourth-order valence-electron chi connectivity index (χ4n) is 2.79. The summed E-state index contributed by atoms with van der Waals surface area (Å²) in [7, 11) is 0. The first-order valence-electron chi connectivity index (χ1n) is 6.33. The number of rotatable bonds is 2. The standard InChI is InChI=1S/C16H18O2/c1-15(2,17)16(10-18-11-16)14-9-5-7-12-6-3-4-8-13(12)14/h3-9,17H,10-11H2,1-2H3. The minimum absolute atomic E-state index is 0.284. The molecule has 1 fully saturated rings. The molecule has 2 nitrogen and oxygen atoms in total. The molecule has 2 aromatic carbocycles. The fraction of sp³-hybridized carbons (Fsp3) is 0.375. The molecular formula is C16H18O2. The average Bonchev–Trinajstić information content (AvgIpc) is 2.26. The molecule has 1 saturated heterocycles. The third-order valence-corrected chi connectivity index (χ3v) is 4.17. The van der Waals surface area contributed by atoms with Crippen molar-refractivity contribution >= 4 is 10.8 Å². The van der Waals surface area contributed by atoms with E-state index in [4.69, 9.17) is 4.74 Å². The second-order valence-corrected chi connectivity index (χ2v) is 5.66. The highest BCUT2D eigenvalue weighted by Crippen LogP contribution is 2.44. The van der Waals surface area contributed by atoms with E-state index in [2.05, 4.69) is 30.3 Å².